The number of guanidine groups is 1. The van der Waals surface area contributed by atoms with E-state index in [0.29, 0.717) is 24.8 Å². The molecule has 1 aromatic heterocycles. The molecular weight excluding hydrogens is 481 g/mol. The number of carbonyl (C=O) groups excluding carboxylic acids is 1. The number of likely N-dealkylation sites (tertiary alicyclic amines) is 1. The molecule has 2 aliphatic rings. The predicted octanol–water partition coefficient (Wildman–Crippen LogP) is 2.80. The topological polar surface area (TPSA) is 78.9 Å². The highest BCUT2D eigenvalue weighted by Gasteiger charge is 2.23. The van der Waals surface area contributed by atoms with Crippen molar-refractivity contribution in [1.82, 2.24) is 20.5 Å². The third-order valence-electron chi connectivity index (χ3n) is 5.38. The molecule has 1 aliphatic carbocycles. The maximum Gasteiger partial charge on any atom is 0.220 e. The summed E-state index contributed by atoms with van der Waals surface area (Å²) in [5.74, 6) is 2.95. The summed E-state index contributed by atoms with van der Waals surface area (Å²) in [6, 6.07) is 3.98. The van der Waals surface area contributed by atoms with Crippen LogP contribution in [-0.4, -0.2) is 55.0 Å². The first-order valence-corrected chi connectivity index (χ1v) is 10.5. The minimum absolute atomic E-state index is 0. The van der Waals surface area contributed by atoms with Crippen molar-refractivity contribution in [2.45, 2.75) is 45.6 Å². The molecule has 1 aliphatic heterocycles. The molecule has 2 fully saturated rings. The first-order chi connectivity index (χ1) is 13.7. The normalized spacial score (nSPS) is 17.4. The minimum Gasteiger partial charge on any atom is -0.477 e. The highest BCUT2D eigenvalue weighted by atomic mass is 127. The lowest BCUT2D eigenvalue weighted by Crippen LogP contribution is -2.46. The van der Waals surface area contributed by atoms with Crippen LogP contribution >= 0.6 is 24.0 Å². The summed E-state index contributed by atoms with van der Waals surface area (Å²) >= 11 is 0. The van der Waals surface area contributed by atoms with Gasteiger partial charge in [0.25, 0.3) is 0 Å². The van der Waals surface area contributed by atoms with E-state index in [0.717, 1.165) is 56.5 Å². The van der Waals surface area contributed by atoms with Crippen molar-refractivity contribution in [2.24, 2.45) is 16.8 Å². The van der Waals surface area contributed by atoms with Gasteiger partial charge in [0.05, 0.1) is 13.2 Å². The fourth-order valence-corrected chi connectivity index (χ4v) is 3.42. The standard InChI is InChI=1S/C21H33N5O2.HI/c1-3-23-21(26-10-7-16(8-11-26)12-19(27)22-2)25-14-18-6-9-24-20(13-18)28-15-17-4-5-17;/h6,9,13,16-17H,3-5,7-8,10-12,14-15H2,1-2H3,(H,22,27)(H,23,25);1H. The highest BCUT2D eigenvalue weighted by Crippen LogP contribution is 2.29. The lowest BCUT2D eigenvalue weighted by molar-refractivity contribution is -0.121. The summed E-state index contributed by atoms with van der Waals surface area (Å²) < 4.78 is 5.78. The molecule has 1 saturated heterocycles. The number of pyridine rings is 1. The van der Waals surface area contributed by atoms with Crippen LogP contribution in [0.3, 0.4) is 0 Å². The number of aromatic nitrogens is 1. The fourth-order valence-electron chi connectivity index (χ4n) is 3.42. The molecule has 8 heteroatoms. The summed E-state index contributed by atoms with van der Waals surface area (Å²) in [5.41, 5.74) is 1.10. The molecular formula is C21H34IN5O2. The van der Waals surface area contributed by atoms with Gasteiger partial charge in [-0.1, -0.05) is 0 Å². The maximum absolute atomic E-state index is 11.6. The Hall–Kier alpha value is -1.58. The minimum atomic E-state index is 0. The van der Waals surface area contributed by atoms with Crippen molar-refractivity contribution >= 4 is 35.8 Å². The number of nitrogens with one attached hydrogen (secondary N) is 2. The monoisotopic (exact) mass is 515 g/mol. The van der Waals surface area contributed by atoms with Crippen molar-refractivity contribution in [2.75, 3.05) is 33.3 Å². The number of aliphatic imine (C=N–C) groups is 1. The molecule has 0 radical (unpaired) electrons. The Labute approximate surface area is 191 Å². The number of ether oxygens (including phenoxy) is 1. The SMILES string of the molecule is CCNC(=NCc1ccnc(OCC2CC2)c1)N1CCC(CC(=O)NC)CC1.I. The van der Waals surface area contributed by atoms with Crippen LogP contribution < -0.4 is 15.4 Å². The van der Waals surface area contributed by atoms with Crippen LogP contribution in [0.25, 0.3) is 0 Å². The van der Waals surface area contributed by atoms with Crippen molar-refractivity contribution in [3.05, 3.63) is 23.9 Å². The van der Waals surface area contributed by atoms with Gasteiger partial charge < -0.3 is 20.3 Å². The molecule has 2 N–H and O–H groups in total. The molecule has 7 nitrogen and oxygen atoms in total. The first-order valence-electron chi connectivity index (χ1n) is 10.5. The molecule has 1 amide bonds. The van der Waals surface area contributed by atoms with Gasteiger partial charge in [-0.3, -0.25) is 4.79 Å². The third kappa shape index (κ3) is 7.98. The van der Waals surface area contributed by atoms with Gasteiger partial charge in [0.15, 0.2) is 5.96 Å². The van der Waals surface area contributed by atoms with Crippen molar-refractivity contribution in [3.63, 3.8) is 0 Å². The molecule has 0 unspecified atom stereocenters. The molecule has 3 rings (SSSR count). The van der Waals surface area contributed by atoms with E-state index in [1.807, 2.05) is 12.1 Å². The van der Waals surface area contributed by atoms with Crippen molar-refractivity contribution < 1.29 is 9.53 Å². The van der Waals surface area contributed by atoms with E-state index in [2.05, 4.69) is 27.4 Å². The first kappa shape index (κ1) is 23.7. The van der Waals surface area contributed by atoms with E-state index in [1.165, 1.54) is 12.8 Å². The summed E-state index contributed by atoms with van der Waals surface area (Å²) in [5, 5.41) is 6.13. The van der Waals surface area contributed by atoms with E-state index < -0.39 is 0 Å². The van der Waals surface area contributed by atoms with E-state index in [4.69, 9.17) is 9.73 Å². The summed E-state index contributed by atoms with van der Waals surface area (Å²) in [6.07, 6.45) is 7.01. The largest absolute Gasteiger partial charge is 0.477 e. The Kier molecular flexibility index (Phi) is 9.96. The predicted molar refractivity (Wildman–Crippen MR) is 126 cm³/mol. The second kappa shape index (κ2) is 12.2. The zero-order valence-corrected chi connectivity index (χ0v) is 19.9. The van der Waals surface area contributed by atoms with Gasteiger partial charge in [0.2, 0.25) is 11.8 Å². The Bertz CT molecular complexity index is 673. The zero-order valence-electron chi connectivity index (χ0n) is 17.5. The quantitative estimate of drug-likeness (QED) is 0.316. The number of carbonyl (C=O) groups is 1. The van der Waals surface area contributed by atoms with Gasteiger partial charge in [-0.15, -0.1) is 24.0 Å². The number of hydrogen-bond donors (Lipinski definition) is 2. The zero-order chi connectivity index (χ0) is 19.8. The number of nitrogens with zero attached hydrogens (tertiary/aromatic N) is 3. The molecule has 1 saturated carbocycles. The van der Waals surface area contributed by atoms with E-state index in [9.17, 15) is 4.79 Å². The maximum atomic E-state index is 11.6. The van der Waals surface area contributed by atoms with E-state index in [-0.39, 0.29) is 29.9 Å². The van der Waals surface area contributed by atoms with Crippen LogP contribution in [0.1, 0.15) is 44.6 Å². The molecule has 0 bridgehead atoms. The number of hydrogen-bond acceptors (Lipinski definition) is 4. The average molecular weight is 515 g/mol. The van der Waals surface area contributed by atoms with Crippen molar-refractivity contribution in [1.29, 1.82) is 0 Å². The van der Waals surface area contributed by atoms with Gasteiger partial charge in [-0.05, 0) is 56.1 Å². The van der Waals surface area contributed by atoms with Crippen LogP contribution in [-0.2, 0) is 11.3 Å². The molecule has 162 valence electrons. The van der Waals surface area contributed by atoms with Crippen LogP contribution in [0, 0.1) is 11.8 Å². The smallest absolute Gasteiger partial charge is 0.220 e. The van der Waals surface area contributed by atoms with E-state index >= 15 is 0 Å². The Balaban J connectivity index is 0.00000300. The summed E-state index contributed by atoms with van der Waals surface area (Å²) in [7, 11) is 1.70. The summed E-state index contributed by atoms with van der Waals surface area (Å²) in [6.45, 7) is 6.16. The lowest BCUT2D eigenvalue weighted by atomic mass is 9.93. The number of halogens is 1. The third-order valence-corrected chi connectivity index (χ3v) is 5.38. The van der Waals surface area contributed by atoms with Crippen LogP contribution in [0.5, 0.6) is 5.88 Å². The Morgan fingerprint density at radius 3 is 2.69 bits per heavy atom. The second-order valence-electron chi connectivity index (χ2n) is 7.73. The van der Waals surface area contributed by atoms with Crippen LogP contribution in [0.2, 0.25) is 0 Å². The Morgan fingerprint density at radius 2 is 2.03 bits per heavy atom. The van der Waals surface area contributed by atoms with Gasteiger partial charge in [0.1, 0.15) is 0 Å². The van der Waals surface area contributed by atoms with Gasteiger partial charge in [-0.25, -0.2) is 9.98 Å². The molecule has 0 aromatic carbocycles. The lowest BCUT2D eigenvalue weighted by Gasteiger charge is -2.34. The van der Waals surface area contributed by atoms with Gasteiger partial charge >= 0.3 is 0 Å². The number of rotatable bonds is 8. The van der Waals surface area contributed by atoms with Gasteiger partial charge in [0, 0.05) is 45.4 Å². The summed E-state index contributed by atoms with van der Waals surface area (Å²) in [4.78, 5) is 23.0. The fraction of sp³-hybridized carbons (Fsp3) is 0.667. The Morgan fingerprint density at radius 1 is 1.28 bits per heavy atom. The van der Waals surface area contributed by atoms with Crippen molar-refractivity contribution in [3.8, 4) is 5.88 Å². The molecule has 2 heterocycles. The number of piperidine rings is 1. The molecule has 0 atom stereocenters. The van der Waals surface area contributed by atoms with Crippen LogP contribution in [0.4, 0.5) is 0 Å². The molecule has 0 spiro atoms. The molecule has 29 heavy (non-hydrogen) atoms. The average Bonchev–Trinajstić information content (AvgIpc) is 3.55. The van der Waals surface area contributed by atoms with E-state index in [1.54, 1.807) is 13.2 Å². The van der Waals surface area contributed by atoms with Gasteiger partial charge in [-0.2, -0.15) is 0 Å². The highest BCUT2D eigenvalue weighted by molar-refractivity contribution is 14.0. The second-order valence-corrected chi connectivity index (χ2v) is 7.73. The number of amides is 1. The molecule has 1 aromatic rings. The van der Waals surface area contributed by atoms with Crippen LogP contribution in [0.15, 0.2) is 23.3 Å².